The van der Waals surface area contributed by atoms with Crippen LogP contribution in [0.1, 0.15) is 23.4 Å². The SMILES string of the molecule is Cc1cc(C#N)c(S(N)(=O)=O)c(C(F)F)n1. The van der Waals surface area contributed by atoms with Crippen LogP contribution < -0.4 is 5.14 Å². The number of aromatic nitrogens is 1. The highest BCUT2D eigenvalue weighted by Gasteiger charge is 2.26. The summed E-state index contributed by atoms with van der Waals surface area (Å²) in [5.74, 6) is 0. The third-order valence-electron chi connectivity index (χ3n) is 1.74. The topological polar surface area (TPSA) is 96.8 Å². The monoisotopic (exact) mass is 247 g/mol. The van der Waals surface area contributed by atoms with Crippen LogP contribution >= 0.6 is 0 Å². The Kier molecular flexibility index (Phi) is 3.21. The van der Waals surface area contributed by atoms with E-state index in [1.165, 1.54) is 13.0 Å². The Balaban J connectivity index is 3.74. The number of hydrogen-bond acceptors (Lipinski definition) is 4. The molecule has 0 radical (unpaired) electrons. The van der Waals surface area contributed by atoms with Gasteiger partial charge >= 0.3 is 0 Å². The molecule has 1 aromatic heterocycles. The molecule has 0 aliphatic heterocycles. The van der Waals surface area contributed by atoms with Gasteiger partial charge in [-0.05, 0) is 13.0 Å². The van der Waals surface area contributed by atoms with Crippen molar-refractivity contribution in [1.29, 1.82) is 5.26 Å². The molecular weight excluding hydrogens is 240 g/mol. The Hall–Kier alpha value is -1.59. The molecule has 1 aromatic rings. The first-order chi connectivity index (χ1) is 7.27. The molecule has 1 heterocycles. The molecule has 0 bridgehead atoms. The largest absolute Gasteiger partial charge is 0.281 e. The molecule has 5 nitrogen and oxygen atoms in total. The molecule has 0 amide bonds. The number of halogens is 2. The van der Waals surface area contributed by atoms with Crippen LogP contribution in [-0.2, 0) is 10.0 Å². The van der Waals surface area contributed by atoms with E-state index in [9.17, 15) is 17.2 Å². The van der Waals surface area contributed by atoms with Crippen LogP contribution in [0.2, 0.25) is 0 Å². The molecular formula is C8H7F2N3O2S. The first-order valence-electron chi connectivity index (χ1n) is 4.00. The lowest BCUT2D eigenvalue weighted by molar-refractivity contribution is 0.142. The molecule has 0 saturated carbocycles. The summed E-state index contributed by atoms with van der Waals surface area (Å²) in [6, 6.07) is 2.59. The zero-order valence-corrected chi connectivity index (χ0v) is 8.92. The summed E-state index contributed by atoms with van der Waals surface area (Å²) < 4.78 is 47.3. The van der Waals surface area contributed by atoms with E-state index in [-0.39, 0.29) is 5.69 Å². The van der Waals surface area contributed by atoms with Crippen molar-refractivity contribution >= 4 is 10.0 Å². The van der Waals surface area contributed by atoms with Gasteiger partial charge in [0, 0.05) is 5.69 Å². The molecule has 0 fully saturated rings. The van der Waals surface area contributed by atoms with Gasteiger partial charge in [0.05, 0.1) is 5.56 Å². The predicted molar refractivity (Wildman–Crippen MR) is 50.0 cm³/mol. The highest BCUT2D eigenvalue weighted by atomic mass is 32.2. The molecule has 0 aliphatic carbocycles. The first-order valence-corrected chi connectivity index (χ1v) is 5.54. The molecule has 86 valence electrons. The summed E-state index contributed by atoms with van der Waals surface area (Å²) >= 11 is 0. The van der Waals surface area contributed by atoms with Crippen LogP contribution in [0, 0.1) is 18.3 Å². The van der Waals surface area contributed by atoms with Crippen molar-refractivity contribution in [3.8, 4) is 6.07 Å². The minimum absolute atomic E-state index is 0.124. The van der Waals surface area contributed by atoms with Crippen molar-refractivity contribution in [1.82, 2.24) is 4.98 Å². The number of nitrogens with two attached hydrogens (primary N) is 1. The predicted octanol–water partition coefficient (Wildman–Crippen LogP) is 0.847. The molecule has 16 heavy (non-hydrogen) atoms. The van der Waals surface area contributed by atoms with Gasteiger partial charge in [-0.15, -0.1) is 0 Å². The highest BCUT2D eigenvalue weighted by Crippen LogP contribution is 2.27. The summed E-state index contributed by atoms with van der Waals surface area (Å²) in [4.78, 5) is 2.48. The van der Waals surface area contributed by atoms with Gasteiger partial charge in [0.25, 0.3) is 6.43 Å². The molecule has 8 heteroatoms. The van der Waals surface area contributed by atoms with E-state index in [1.807, 2.05) is 0 Å². The van der Waals surface area contributed by atoms with Gasteiger partial charge in [-0.25, -0.2) is 22.3 Å². The van der Waals surface area contributed by atoms with Crippen molar-refractivity contribution in [2.24, 2.45) is 5.14 Å². The van der Waals surface area contributed by atoms with Crippen molar-refractivity contribution in [2.75, 3.05) is 0 Å². The molecule has 2 N–H and O–H groups in total. The molecule has 0 atom stereocenters. The van der Waals surface area contributed by atoms with E-state index in [2.05, 4.69) is 4.98 Å². The number of nitriles is 1. The van der Waals surface area contributed by atoms with E-state index in [0.717, 1.165) is 6.07 Å². The van der Waals surface area contributed by atoms with Gasteiger partial charge in [-0.3, -0.25) is 4.98 Å². The Morgan fingerprint density at radius 2 is 2.12 bits per heavy atom. The lowest BCUT2D eigenvalue weighted by Crippen LogP contribution is -2.18. The zero-order chi connectivity index (χ0) is 12.5. The smallest absolute Gasteiger partial charge is 0.251 e. The molecule has 0 aromatic carbocycles. The van der Waals surface area contributed by atoms with Crippen LogP contribution in [0.25, 0.3) is 0 Å². The number of alkyl halides is 2. The van der Waals surface area contributed by atoms with E-state index in [4.69, 9.17) is 10.4 Å². The summed E-state index contributed by atoms with van der Waals surface area (Å²) in [6.45, 7) is 1.37. The number of hydrogen-bond donors (Lipinski definition) is 1. The fraction of sp³-hybridized carbons (Fsp3) is 0.250. The number of nitrogens with zero attached hydrogens (tertiary/aromatic N) is 2. The number of rotatable bonds is 2. The molecule has 0 unspecified atom stereocenters. The Bertz CT molecular complexity index is 563. The number of primary sulfonamides is 1. The van der Waals surface area contributed by atoms with Crippen molar-refractivity contribution in [3.63, 3.8) is 0 Å². The van der Waals surface area contributed by atoms with E-state index < -0.39 is 32.6 Å². The van der Waals surface area contributed by atoms with Crippen LogP contribution in [0.5, 0.6) is 0 Å². The molecule has 1 rings (SSSR count). The molecule has 0 spiro atoms. The second-order valence-corrected chi connectivity index (χ2v) is 4.48. The van der Waals surface area contributed by atoms with Gasteiger partial charge in [-0.1, -0.05) is 0 Å². The lowest BCUT2D eigenvalue weighted by atomic mass is 10.2. The van der Waals surface area contributed by atoms with Gasteiger partial charge < -0.3 is 0 Å². The maximum absolute atomic E-state index is 12.6. The third-order valence-corrected chi connectivity index (χ3v) is 2.74. The van der Waals surface area contributed by atoms with E-state index >= 15 is 0 Å². The van der Waals surface area contributed by atoms with Crippen molar-refractivity contribution in [2.45, 2.75) is 18.2 Å². The van der Waals surface area contributed by atoms with E-state index in [1.54, 1.807) is 0 Å². The van der Waals surface area contributed by atoms with Crippen LogP contribution in [0.3, 0.4) is 0 Å². The Labute approximate surface area is 90.6 Å². The average Bonchev–Trinajstić information content (AvgIpc) is 2.14. The van der Waals surface area contributed by atoms with Crippen LogP contribution in [0.4, 0.5) is 8.78 Å². The lowest BCUT2D eigenvalue weighted by Gasteiger charge is -2.08. The van der Waals surface area contributed by atoms with Crippen molar-refractivity contribution < 1.29 is 17.2 Å². The number of pyridine rings is 1. The minimum atomic E-state index is -4.40. The summed E-state index contributed by atoms with van der Waals surface area (Å²) in [5.41, 5.74) is -1.29. The summed E-state index contributed by atoms with van der Waals surface area (Å²) in [6.07, 6.45) is -3.11. The van der Waals surface area contributed by atoms with Gasteiger partial charge in [0.15, 0.2) is 0 Å². The maximum Gasteiger partial charge on any atom is 0.281 e. The summed E-state index contributed by atoms with van der Waals surface area (Å²) in [7, 11) is -4.40. The molecule has 0 aliphatic rings. The third kappa shape index (κ3) is 2.32. The average molecular weight is 247 g/mol. The Morgan fingerprint density at radius 1 is 1.56 bits per heavy atom. The summed E-state index contributed by atoms with van der Waals surface area (Å²) in [5, 5.41) is 13.4. The van der Waals surface area contributed by atoms with Crippen LogP contribution in [0.15, 0.2) is 11.0 Å². The molecule has 0 saturated heterocycles. The van der Waals surface area contributed by atoms with Crippen LogP contribution in [-0.4, -0.2) is 13.4 Å². The first kappa shape index (κ1) is 12.5. The standard InChI is InChI=1S/C8H7F2N3O2S/c1-4-2-5(3-11)7(16(12,14)15)6(13-4)8(9)10/h2,8H,1H3,(H2,12,14,15). The second kappa shape index (κ2) is 4.11. The second-order valence-electron chi connectivity index (χ2n) is 2.98. The number of aryl methyl sites for hydroxylation is 1. The van der Waals surface area contributed by atoms with Gasteiger partial charge in [-0.2, -0.15) is 5.26 Å². The number of sulfonamides is 1. The fourth-order valence-corrected chi connectivity index (χ4v) is 2.05. The van der Waals surface area contributed by atoms with E-state index in [0.29, 0.717) is 0 Å². The van der Waals surface area contributed by atoms with Gasteiger partial charge in [0.1, 0.15) is 16.7 Å². The quantitative estimate of drug-likeness (QED) is 0.837. The normalized spacial score (nSPS) is 11.5. The fourth-order valence-electron chi connectivity index (χ4n) is 1.22. The van der Waals surface area contributed by atoms with Gasteiger partial charge in [0.2, 0.25) is 10.0 Å². The highest BCUT2D eigenvalue weighted by molar-refractivity contribution is 7.89. The van der Waals surface area contributed by atoms with Crippen molar-refractivity contribution in [3.05, 3.63) is 23.0 Å². The Morgan fingerprint density at radius 3 is 2.50 bits per heavy atom. The zero-order valence-electron chi connectivity index (χ0n) is 8.11. The maximum atomic E-state index is 12.6. The minimum Gasteiger partial charge on any atom is -0.251 e.